The molecule has 0 aliphatic heterocycles. The number of allylic oxidation sites excluding steroid dienone is 4. The minimum Gasteiger partial charge on any atom is -0.458 e. The molecular weight excluding hydrogens is 411 g/mol. The lowest BCUT2D eigenvalue weighted by molar-refractivity contribution is -0.00210. The van der Waals surface area contributed by atoms with Crippen LogP contribution in [0.1, 0.15) is 52.5 Å². The second kappa shape index (κ2) is 9.75. The van der Waals surface area contributed by atoms with E-state index in [1.807, 2.05) is 25.1 Å². The number of halogens is 1. The molecule has 2 aliphatic carbocycles. The van der Waals surface area contributed by atoms with Crippen molar-refractivity contribution in [3.05, 3.63) is 83.1 Å². The van der Waals surface area contributed by atoms with Gasteiger partial charge >= 0.3 is 5.97 Å². The van der Waals surface area contributed by atoms with Gasteiger partial charge in [-0.1, -0.05) is 30.4 Å². The molecule has 6 nitrogen and oxygen atoms in total. The minimum absolute atomic E-state index is 0.229. The number of aromatic nitrogens is 1. The molecule has 0 fully saturated rings. The van der Waals surface area contributed by atoms with E-state index in [2.05, 4.69) is 4.98 Å². The number of rotatable bonds is 6. The second-order valence-corrected chi connectivity index (χ2v) is 7.76. The van der Waals surface area contributed by atoms with E-state index in [-0.39, 0.29) is 18.8 Å². The lowest BCUT2D eigenvalue weighted by atomic mass is 10.0. The summed E-state index contributed by atoms with van der Waals surface area (Å²) in [6, 6.07) is 8.46. The standard InChI is InChI=1S/C25H23FN2O4/c1-16-23(28-24(31-16)18-8-10-20(26)11-9-18)15-30-21-6-3-7-22(13-21)32-25(29)19-5-2-4-17(12-19)14-27/h2-6,8-10,12,20-22H,7,11,13,15H2,1H3. The lowest BCUT2D eigenvalue weighted by Crippen LogP contribution is -2.27. The highest BCUT2D eigenvalue weighted by Gasteiger charge is 2.24. The van der Waals surface area contributed by atoms with Crippen molar-refractivity contribution in [2.45, 2.75) is 51.2 Å². The van der Waals surface area contributed by atoms with Crippen molar-refractivity contribution in [1.82, 2.24) is 4.98 Å². The second-order valence-electron chi connectivity index (χ2n) is 7.76. The van der Waals surface area contributed by atoms with Crippen LogP contribution in [0.4, 0.5) is 4.39 Å². The summed E-state index contributed by atoms with van der Waals surface area (Å²) in [5.74, 6) is 0.647. The van der Waals surface area contributed by atoms with Crippen molar-refractivity contribution in [3.8, 4) is 6.07 Å². The van der Waals surface area contributed by atoms with Crippen LogP contribution in [0.5, 0.6) is 0 Å². The molecule has 2 aliphatic rings. The smallest absolute Gasteiger partial charge is 0.338 e. The van der Waals surface area contributed by atoms with E-state index in [1.54, 1.807) is 30.4 Å². The predicted molar refractivity (Wildman–Crippen MR) is 115 cm³/mol. The molecule has 4 rings (SSSR count). The first-order chi connectivity index (χ1) is 15.5. The Labute approximate surface area is 185 Å². The summed E-state index contributed by atoms with van der Waals surface area (Å²) in [7, 11) is 0. The summed E-state index contributed by atoms with van der Waals surface area (Å²) in [5.41, 5.74) is 2.21. The molecule has 0 saturated carbocycles. The maximum Gasteiger partial charge on any atom is 0.338 e. The van der Waals surface area contributed by atoms with Crippen molar-refractivity contribution in [2.75, 3.05) is 0 Å². The molecule has 164 valence electrons. The zero-order valence-corrected chi connectivity index (χ0v) is 17.7. The molecule has 0 bridgehead atoms. The topological polar surface area (TPSA) is 85.4 Å². The van der Waals surface area contributed by atoms with Crippen molar-refractivity contribution in [3.63, 3.8) is 0 Å². The first-order valence-corrected chi connectivity index (χ1v) is 10.5. The van der Waals surface area contributed by atoms with Crippen LogP contribution >= 0.6 is 0 Å². The number of aryl methyl sites for hydroxylation is 1. The summed E-state index contributed by atoms with van der Waals surface area (Å²) in [5, 5.41) is 9.00. The van der Waals surface area contributed by atoms with Gasteiger partial charge in [0.1, 0.15) is 23.7 Å². The largest absolute Gasteiger partial charge is 0.458 e. The first-order valence-electron chi connectivity index (χ1n) is 10.5. The highest BCUT2D eigenvalue weighted by atomic mass is 19.1. The van der Waals surface area contributed by atoms with Crippen LogP contribution in [0.3, 0.4) is 0 Å². The maximum atomic E-state index is 13.3. The van der Waals surface area contributed by atoms with E-state index >= 15 is 0 Å². The van der Waals surface area contributed by atoms with Gasteiger partial charge in [0.15, 0.2) is 0 Å². The van der Waals surface area contributed by atoms with Crippen molar-refractivity contribution >= 4 is 11.5 Å². The molecule has 1 aromatic heterocycles. The van der Waals surface area contributed by atoms with Crippen LogP contribution in [0.2, 0.25) is 0 Å². The van der Waals surface area contributed by atoms with Crippen LogP contribution in [0.15, 0.2) is 59.1 Å². The quantitative estimate of drug-likeness (QED) is 0.470. The molecule has 7 heteroatoms. The van der Waals surface area contributed by atoms with Crippen LogP contribution in [0.25, 0.3) is 5.57 Å². The number of benzene rings is 1. The fourth-order valence-corrected chi connectivity index (χ4v) is 3.60. The van der Waals surface area contributed by atoms with Crippen LogP contribution in [-0.4, -0.2) is 29.3 Å². The van der Waals surface area contributed by atoms with E-state index in [4.69, 9.17) is 19.2 Å². The van der Waals surface area contributed by atoms with Crippen LogP contribution in [-0.2, 0) is 16.1 Å². The highest BCUT2D eigenvalue weighted by Crippen LogP contribution is 2.26. The predicted octanol–water partition coefficient (Wildman–Crippen LogP) is 5.00. The average molecular weight is 434 g/mol. The Morgan fingerprint density at radius 2 is 2.22 bits per heavy atom. The molecule has 0 radical (unpaired) electrons. The Balaban J connectivity index is 1.32. The summed E-state index contributed by atoms with van der Waals surface area (Å²) >= 11 is 0. The van der Waals surface area contributed by atoms with E-state index in [1.165, 1.54) is 12.1 Å². The monoisotopic (exact) mass is 434 g/mol. The molecule has 3 unspecified atom stereocenters. The van der Waals surface area contributed by atoms with Gasteiger partial charge in [0.05, 0.1) is 29.9 Å². The minimum atomic E-state index is -0.965. The van der Waals surface area contributed by atoms with E-state index < -0.39 is 12.1 Å². The average Bonchev–Trinajstić information content (AvgIpc) is 3.19. The number of hydrogen-bond donors (Lipinski definition) is 0. The Bertz CT molecular complexity index is 1130. The number of nitrogens with zero attached hydrogens (tertiary/aromatic N) is 2. The number of oxazole rings is 1. The van der Waals surface area contributed by atoms with Gasteiger partial charge in [-0.25, -0.2) is 14.2 Å². The molecule has 3 atom stereocenters. The third-order valence-corrected chi connectivity index (χ3v) is 5.37. The first kappa shape index (κ1) is 21.7. The Kier molecular flexibility index (Phi) is 6.62. The molecule has 2 aromatic rings. The molecular formula is C25H23FN2O4. The van der Waals surface area contributed by atoms with Gasteiger partial charge in [0, 0.05) is 24.8 Å². The normalized spacial score (nSPS) is 22.3. The van der Waals surface area contributed by atoms with E-state index in [9.17, 15) is 9.18 Å². The van der Waals surface area contributed by atoms with Crippen molar-refractivity contribution in [1.29, 1.82) is 5.26 Å². The van der Waals surface area contributed by atoms with Crippen molar-refractivity contribution in [2.24, 2.45) is 0 Å². The van der Waals surface area contributed by atoms with Crippen molar-refractivity contribution < 1.29 is 23.1 Å². The number of carbonyl (C=O) groups is 1. The van der Waals surface area contributed by atoms with Gasteiger partial charge in [0.25, 0.3) is 0 Å². The molecule has 0 spiro atoms. The summed E-state index contributed by atoms with van der Waals surface area (Å²) < 4.78 is 30.6. The zero-order valence-electron chi connectivity index (χ0n) is 17.7. The van der Waals surface area contributed by atoms with Crippen LogP contribution in [0, 0.1) is 18.3 Å². The molecule has 1 heterocycles. The molecule has 32 heavy (non-hydrogen) atoms. The number of carbonyl (C=O) groups excluding carboxylic acids is 1. The van der Waals surface area contributed by atoms with E-state index in [0.717, 1.165) is 5.57 Å². The molecule has 1 aromatic carbocycles. The molecule has 0 N–H and O–H groups in total. The Morgan fingerprint density at radius 1 is 1.34 bits per heavy atom. The van der Waals surface area contributed by atoms with Gasteiger partial charge in [-0.15, -0.1) is 0 Å². The fourth-order valence-electron chi connectivity index (χ4n) is 3.60. The lowest BCUT2D eigenvalue weighted by Gasteiger charge is -2.25. The van der Waals surface area contributed by atoms with Gasteiger partial charge in [-0.05, 0) is 31.2 Å². The van der Waals surface area contributed by atoms with E-state index in [0.29, 0.717) is 47.7 Å². The number of nitriles is 1. The Morgan fingerprint density at radius 3 is 3.00 bits per heavy atom. The van der Waals surface area contributed by atoms with Gasteiger partial charge in [-0.2, -0.15) is 5.26 Å². The SMILES string of the molecule is Cc1oc(C2=CCC(F)C=C2)nc1COC1C=CCC(OC(=O)c2cccc(C#N)c2)C1. The summed E-state index contributed by atoms with van der Waals surface area (Å²) in [4.78, 5) is 16.9. The van der Waals surface area contributed by atoms with Gasteiger partial charge in [0.2, 0.25) is 5.89 Å². The number of esters is 1. The van der Waals surface area contributed by atoms with Crippen LogP contribution < -0.4 is 0 Å². The Hall–Kier alpha value is -3.50. The number of ether oxygens (including phenoxy) is 2. The number of hydrogen-bond acceptors (Lipinski definition) is 6. The summed E-state index contributed by atoms with van der Waals surface area (Å²) in [6.45, 7) is 2.06. The van der Waals surface area contributed by atoms with Gasteiger partial charge in [-0.3, -0.25) is 0 Å². The van der Waals surface area contributed by atoms with Gasteiger partial charge < -0.3 is 13.9 Å². The number of alkyl halides is 1. The molecule has 0 saturated heterocycles. The highest BCUT2D eigenvalue weighted by molar-refractivity contribution is 5.89. The third kappa shape index (κ3) is 5.21. The molecule has 0 amide bonds. The maximum absolute atomic E-state index is 13.3. The fraction of sp³-hybridized carbons (Fsp3) is 0.320. The third-order valence-electron chi connectivity index (χ3n) is 5.37. The zero-order chi connectivity index (χ0) is 22.5. The summed E-state index contributed by atoms with van der Waals surface area (Å²) in [6.07, 6.45) is 8.76.